The lowest BCUT2D eigenvalue weighted by Crippen LogP contribution is -2.26. The van der Waals surface area contributed by atoms with Crippen molar-refractivity contribution < 1.29 is 0 Å². The minimum absolute atomic E-state index is 0.466. The van der Waals surface area contributed by atoms with Crippen LogP contribution in [0.5, 0.6) is 0 Å². The Balaban J connectivity index is 2.32. The summed E-state index contributed by atoms with van der Waals surface area (Å²) in [4.78, 5) is 4.29. The molecule has 1 aliphatic heterocycles. The van der Waals surface area contributed by atoms with Crippen molar-refractivity contribution in [3.05, 3.63) is 18.2 Å². The van der Waals surface area contributed by atoms with Crippen molar-refractivity contribution in [2.45, 2.75) is 33.2 Å². The van der Waals surface area contributed by atoms with E-state index in [1.165, 1.54) is 12.2 Å². The molecule has 2 nitrogen and oxygen atoms in total. The smallest absolute Gasteiger partial charge is 0.108 e. The highest BCUT2D eigenvalue weighted by atomic mass is 15.1. The van der Waals surface area contributed by atoms with E-state index >= 15 is 0 Å². The van der Waals surface area contributed by atoms with Gasteiger partial charge in [-0.3, -0.25) is 0 Å². The molecule has 0 atom stereocenters. The lowest BCUT2D eigenvalue weighted by Gasteiger charge is -2.30. The van der Waals surface area contributed by atoms with Crippen LogP contribution in [0.1, 0.15) is 26.1 Å². The summed E-state index contributed by atoms with van der Waals surface area (Å²) in [5.74, 6) is 1.25. The van der Waals surface area contributed by atoms with Gasteiger partial charge in [0.15, 0.2) is 0 Å². The second-order valence-electron chi connectivity index (χ2n) is 4.14. The van der Waals surface area contributed by atoms with Gasteiger partial charge in [0.25, 0.3) is 0 Å². The number of fused-ring (bicyclic) bond motifs is 1. The van der Waals surface area contributed by atoms with E-state index < -0.39 is 0 Å². The van der Waals surface area contributed by atoms with Gasteiger partial charge < -0.3 is 4.57 Å². The topological polar surface area (TPSA) is 17.8 Å². The normalized spacial score (nSPS) is 21.3. The number of hydrogen-bond donors (Lipinski definition) is 0. The van der Waals surface area contributed by atoms with Gasteiger partial charge in [0, 0.05) is 25.4 Å². The Morgan fingerprint density at radius 2 is 2.36 bits per heavy atom. The summed E-state index contributed by atoms with van der Waals surface area (Å²) in [6.45, 7) is 5.76. The van der Waals surface area contributed by atoms with Gasteiger partial charge in [0.2, 0.25) is 0 Å². The molecule has 11 heavy (non-hydrogen) atoms. The highest BCUT2D eigenvalue weighted by Gasteiger charge is 2.24. The predicted octanol–water partition coefficient (Wildman–Crippen LogP) is 1.86. The second-order valence-corrected chi connectivity index (χ2v) is 4.14. The zero-order chi connectivity index (χ0) is 7.90. The number of imidazole rings is 1. The van der Waals surface area contributed by atoms with Gasteiger partial charge in [-0.1, -0.05) is 13.8 Å². The fourth-order valence-electron chi connectivity index (χ4n) is 1.70. The van der Waals surface area contributed by atoms with E-state index in [0.29, 0.717) is 5.41 Å². The summed E-state index contributed by atoms with van der Waals surface area (Å²) >= 11 is 0. The molecule has 2 rings (SSSR count). The van der Waals surface area contributed by atoms with E-state index in [1.54, 1.807) is 0 Å². The van der Waals surface area contributed by atoms with Crippen molar-refractivity contribution in [3.8, 4) is 0 Å². The predicted molar refractivity (Wildman–Crippen MR) is 44.3 cm³/mol. The molecule has 0 fully saturated rings. The number of nitrogens with zero attached hydrogens (tertiary/aromatic N) is 2. The Hall–Kier alpha value is -0.790. The molecule has 0 radical (unpaired) electrons. The maximum absolute atomic E-state index is 4.29. The Bertz CT molecular complexity index is 260. The number of aromatic nitrogens is 2. The van der Waals surface area contributed by atoms with Crippen LogP contribution >= 0.6 is 0 Å². The molecule has 0 aliphatic carbocycles. The van der Waals surface area contributed by atoms with Crippen molar-refractivity contribution in [3.63, 3.8) is 0 Å². The molecular formula is C9H14N2. The Morgan fingerprint density at radius 1 is 1.55 bits per heavy atom. The zero-order valence-corrected chi connectivity index (χ0v) is 7.17. The largest absolute Gasteiger partial charge is 0.334 e. The Morgan fingerprint density at radius 3 is 3.18 bits per heavy atom. The van der Waals surface area contributed by atoms with E-state index in [9.17, 15) is 0 Å². The monoisotopic (exact) mass is 150 g/mol. The highest BCUT2D eigenvalue weighted by Crippen LogP contribution is 2.29. The van der Waals surface area contributed by atoms with Gasteiger partial charge in [-0.15, -0.1) is 0 Å². The van der Waals surface area contributed by atoms with Crippen LogP contribution in [-0.2, 0) is 13.0 Å². The van der Waals surface area contributed by atoms with Gasteiger partial charge in [-0.25, -0.2) is 4.98 Å². The molecule has 2 heterocycles. The molecule has 1 aromatic rings. The van der Waals surface area contributed by atoms with Crippen LogP contribution < -0.4 is 0 Å². The molecule has 0 N–H and O–H groups in total. The van der Waals surface area contributed by atoms with Crippen LogP contribution in [0, 0.1) is 5.41 Å². The number of aryl methyl sites for hydroxylation is 1. The first-order valence-electron chi connectivity index (χ1n) is 4.17. The molecule has 0 aromatic carbocycles. The molecule has 0 bridgehead atoms. The Labute approximate surface area is 67.3 Å². The minimum atomic E-state index is 0.466. The van der Waals surface area contributed by atoms with E-state index in [-0.39, 0.29) is 0 Å². The lowest BCUT2D eigenvalue weighted by atomic mass is 9.85. The van der Waals surface area contributed by atoms with E-state index in [2.05, 4.69) is 29.6 Å². The highest BCUT2D eigenvalue weighted by molar-refractivity contribution is 4.98. The minimum Gasteiger partial charge on any atom is -0.334 e. The SMILES string of the molecule is CC1(C)CCc2nccn2C1. The van der Waals surface area contributed by atoms with Crippen molar-refractivity contribution in [2.75, 3.05) is 0 Å². The fraction of sp³-hybridized carbons (Fsp3) is 0.667. The van der Waals surface area contributed by atoms with Gasteiger partial charge in [-0.05, 0) is 11.8 Å². The van der Waals surface area contributed by atoms with Crippen LogP contribution in [0.15, 0.2) is 12.4 Å². The average Bonchev–Trinajstić information content (AvgIpc) is 2.31. The maximum atomic E-state index is 4.29. The van der Waals surface area contributed by atoms with Crippen LogP contribution in [-0.4, -0.2) is 9.55 Å². The molecule has 0 unspecified atom stereocenters. The van der Waals surface area contributed by atoms with Crippen LogP contribution in [0.3, 0.4) is 0 Å². The molecule has 1 aromatic heterocycles. The molecule has 0 spiro atoms. The molecule has 0 amide bonds. The third-order valence-electron chi connectivity index (χ3n) is 2.43. The van der Waals surface area contributed by atoms with E-state index in [0.717, 1.165) is 13.0 Å². The first-order valence-corrected chi connectivity index (χ1v) is 4.17. The first kappa shape index (κ1) is 6.89. The van der Waals surface area contributed by atoms with Crippen LogP contribution in [0.4, 0.5) is 0 Å². The van der Waals surface area contributed by atoms with Gasteiger partial charge in [0.1, 0.15) is 5.82 Å². The van der Waals surface area contributed by atoms with Crippen molar-refractivity contribution in [2.24, 2.45) is 5.41 Å². The molecular weight excluding hydrogens is 136 g/mol. The van der Waals surface area contributed by atoms with Crippen molar-refractivity contribution in [1.29, 1.82) is 0 Å². The van der Waals surface area contributed by atoms with Gasteiger partial charge in [0.05, 0.1) is 0 Å². The van der Waals surface area contributed by atoms with E-state index in [1.807, 2.05) is 6.20 Å². The third-order valence-corrected chi connectivity index (χ3v) is 2.43. The lowest BCUT2D eigenvalue weighted by molar-refractivity contribution is 0.247. The molecule has 1 aliphatic rings. The summed E-state index contributed by atoms with van der Waals surface area (Å²) < 4.78 is 2.27. The summed E-state index contributed by atoms with van der Waals surface area (Å²) in [6.07, 6.45) is 6.39. The number of rotatable bonds is 0. The average molecular weight is 150 g/mol. The Kier molecular flexibility index (Phi) is 1.31. The second kappa shape index (κ2) is 2.10. The number of hydrogen-bond acceptors (Lipinski definition) is 1. The fourth-order valence-corrected chi connectivity index (χ4v) is 1.70. The summed E-state index contributed by atoms with van der Waals surface area (Å²) in [5.41, 5.74) is 0.466. The van der Waals surface area contributed by atoms with E-state index in [4.69, 9.17) is 0 Å². The molecule has 0 saturated carbocycles. The van der Waals surface area contributed by atoms with Crippen molar-refractivity contribution in [1.82, 2.24) is 9.55 Å². The molecule has 60 valence electrons. The zero-order valence-electron chi connectivity index (χ0n) is 7.17. The molecule has 2 heteroatoms. The van der Waals surface area contributed by atoms with Crippen LogP contribution in [0.2, 0.25) is 0 Å². The summed E-state index contributed by atoms with van der Waals surface area (Å²) in [6, 6.07) is 0. The summed E-state index contributed by atoms with van der Waals surface area (Å²) in [7, 11) is 0. The molecule has 0 saturated heterocycles. The van der Waals surface area contributed by atoms with Gasteiger partial charge in [-0.2, -0.15) is 0 Å². The maximum Gasteiger partial charge on any atom is 0.108 e. The van der Waals surface area contributed by atoms with Crippen LogP contribution in [0.25, 0.3) is 0 Å². The van der Waals surface area contributed by atoms with Gasteiger partial charge >= 0.3 is 0 Å². The standard InChI is InChI=1S/C9H14N2/c1-9(2)4-3-8-10-5-6-11(8)7-9/h5-6H,3-4,7H2,1-2H3. The van der Waals surface area contributed by atoms with Crippen molar-refractivity contribution >= 4 is 0 Å². The third kappa shape index (κ3) is 1.17. The first-order chi connectivity index (χ1) is 5.17. The quantitative estimate of drug-likeness (QED) is 0.552. The summed E-state index contributed by atoms with van der Waals surface area (Å²) in [5, 5.41) is 0.